The highest BCUT2D eigenvalue weighted by molar-refractivity contribution is 7.99. The van der Waals surface area contributed by atoms with Gasteiger partial charge in [0, 0.05) is 23.7 Å². The second kappa shape index (κ2) is 7.23. The van der Waals surface area contributed by atoms with Crippen LogP contribution in [0.15, 0.2) is 29.4 Å². The number of nitrogens with zero attached hydrogens (tertiary/aromatic N) is 4. The Morgan fingerprint density at radius 2 is 1.87 bits per heavy atom. The minimum Gasteiger partial charge on any atom is -0.342 e. The van der Waals surface area contributed by atoms with Crippen molar-refractivity contribution in [3.8, 4) is 11.4 Å². The molecule has 1 aliphatic rings. The zero-order chi connectivity index (χ0) is 16.2. The van der Waals surface area contributed by atoms with E-state index in [4.69, 9.17) is 17.4 Å². The number of carbonyl (C=O) groups excluding carboxylic acids is 1. The summed E-state index contributed by atoms with van der Waals surface area (Å²) >= 11 is 7.20. The van der Waals surface area contributed by atoms with Gasteiger partial charge in [-0.2, -0.15) is 0 Å². The Balaban J connectivity index is 1.65. The second-order valence-corrected chi connectivity index (χ2v) is 6.79. The molecule has 0 atom stereocenters. The number of carbonyl (C=O) groups is 1. The fraction of sp³-hybridized carbons (Fsp3) is 0.400. The summed E-state index contributed by atoms with van der Waals surface area (Å²) in [5.41, 5.74) is 0.832. The van der Waals surface area contributed by atoms with E-state index < -0.39 is 0 Å². The Bertz CT molecular complexity index is 682. The number of hydrogen-bond donors (Lipinski definition) is 1. The van der Waals surface area contributed by atoms with Crippen LogP contribution < -0.4 is 5.84 Å². The number of nitrogen functional groups attached to an aromatic ring is 1. The molecule has 0 spiro atoms. The highest BCUT2D eigenvalue weighted by atomic mass is 35.5. The molecule has 1 fully saturated rings. The van der Waals surface area contributed by atoms with Crippen molar-refractivity contribution in [1.29, 1.82) is 0 Å². The molecule has 3 rings (SSSR count). The number of rotatable bonds is 4. The molecule has 1 aliphatic heterocycles. The Morgan fingerprint density at radius 3 is 2.57 bits per heavy atom. The Kier molecular flexibility index (Phi) is 5.07. The molecule has 2 heterocycles. The molecule has 122 valence electrons. The Labute approximate surface area is 144 Å². The molecule has 0 aliphatic carbocycles. The quantitative estimate of drug-likeness (QED) is 0.676. The predicted molar refractivity (Wildman–Crippen MR) is 91.8 cm³/mol. The van der Waals surface area contributed by atoms with E-state index in [1.165, 1.54) is 22.9 Å². The van der Waals surface area contributed by atoms with E-state index >= 15 is 0 Å². The van der Waals surface area contributed by atoms with E-state index in [-0.39, 0.29) is 5.91 Å². The summed E-state index contributed by atoms with van der Waals surface area (Å²) < 4.78 is 1.41. The van der Waals surface area contributed by atoms with Crippen LogP contribution >= 0.6 is 23.4 Å². The van der Waals surface area contributed by atoms with Crippen LogP contribution in [0.3, 0.4) is 0 Å². The third-order valence-electron chi connectivity index (χ3n) is 3.80. The van der Waals surface area contributed by atoms with Gasteiger partial charge in [-0.15, -0.1) is 10.2 Å². The number of thioether (sulfide) groups is 1. The van der Waals surface area contributed by atoms with Crippen molar-refractivity contribution in [2.24, 2.45) is 0 Å². The van der Waals surface area contributed by atoms with Crippen molar-refractivity contribution in [1.82, 2.24) is 19.8 Å². The SMILES string of the molecule is Nn1c(SCC(=O)N2CCCCC2)nnc1-c1ccc(Cl)cc1. The molecule has 1 aromatic carbocycles. The number of amides is 1. The molecule has 1 aromatic heterocycles. The maximum absolute atomic E-state index is 12.2. The lowest BCUT2D eigenvalue weighted by molar-refractivity contribution is -0.129. The molecule has 6 nitrogen and oxygen atoms in total. The molecular formula is C15H18ClN5OS. The Hall–Kier alpha value is -1.73. The van der Waals surface area contributed by atoms with E-state index in [9.17, 15) is 4.79 Å². The van der Waals surface area contributed by atoms with Crippen molar-refractivity contribution in [2.45, 2.75) is 24.4 Å². The first kappa shape index (κ1) is 16.1. The summed E-state index contributed by atoms with van der Waals surface area (Å²) in [5, 5.41) is 9.36. The first-order valence-corrected chi connectivity index (χ1v) is 8.88. The van der Waals surface area contributed by atoms with Crippen molar-refractivity contribution < 1.29 is 4.79 Å². The van der Waals surface area contributed by atoms with Crippen LogP contribution in [0.2, 0.25) is 5.02 Å². The lowest BCUT2D eigenvalue weighted by Crippen LogP contribution is -2.36. The summed E-state index contributed by atoms with van der Waals surface area (Å²) in [6.07, 6.45) is 3.38. The maximum atomic E-state index is 12.2. The molecule has 2 aromatic rings. The molecule has 0 radical (unpaired) electrons. The lowest BCUT2D eigenvalue weighted by Gasteiger charge is -2.26. The summed E-state index contributed by atoms with van der Waals surface area (Å²) in [4.78, 5) is 14.1. The smallest absolute Gasteiger partial charge is 0.233 e. The molecule has 2 N–H and O–H groups in total. The van der Waals surface area contributed by atoms with Gasteiger partial charge in [0.1, 0.15) is 0 Å². The van der Waals surface area contributed by atoms with Gasteiger partial charge in [0.25, 0.3) is 0 Å². The van der Waals surface area contributed by atoms with Crippen LogP contribution in [-0.2, 0) is 4.79 Å². The van der Waals surface area contributed by atoms with Gasteiger partial charge in [-0.25, -0.2) is 4.68 Å². The molecule has 8 heteroatoms. The topological polar surface area (TPSA) is 77.0 Å². The third-order valence-corrected chi connectivity index (χ3v) is 4.98. The highest BCUT2D eigenvalue weighted by Crippen LogP contribution is 2.23. The van der Waals surface area contributed by atoms with Gasteiger partial charge in [-0.05, 0) is 43.5 Å². The lowest BCUT2D eigenvalue weighted by atomic mass is 10.1. The number of halogens is 1. The van der Waals surface area contributed by atoms with Crippen molar-refractivity contribution in [2.75, 3.05) is 24.7 Å². The van der Waals surface area contributed by atoms with E-state index in [1.807, 2.05) is 17.0 Å². The van der Waals surface area contributed by atoms with Gasteiger partial charge in [0.15, 0.2) is 5.82 Å². The minimum absolute atomic E-state index is 0.130. The molecule has 0 bridgehead atoms. The molecule has 23 heavy (non-hydrogen) atoms. The zero-order valence-electron chi connectivity index (χ0n) is 12.6. The van der Waals surface area contributed by atoms with Crippen LogP contribution in [0.4, 0.5) is 0 Å². The van der Waals surface area contributed by atoms with Gasteiger partial charge >= 0.3 is 0 Å². The number of piperidine rings is 1. The van der Waals surface area contributed by atoms with Crippen LogP contribution in [-0.4, -0.2) is 44.5 Å². The van der Waals surface area contributed by atoms with Gasteiger partial charge < -0.3 is 10.7 Å². The van der Waals surface area contributed by atoms with Crippen LogP contribution in [0.5, 0.6) is 0 Å². The number of benzene rings is 1. The standard InChI is InChI=1S/C15H18ClN5OS/c16-12-6-4-11(5-7-12)14-18-19-15(21(14)17)23-10-13(22)20-8-2-1-3-9-20/h4-7H,1-3,8-10,17H2. The summed E-state index contributed by atoms with van der Waals surface area (Å²) in [6, 6.07) is 7.22. The van der Waals surface area contributed by atoms with Crippen LogP contribution in [0.25, 0.3) is 11.4 Å². The molecule has 1 saturated heterocycles. The van der Waals surface area contributed by atoms with Crippen LogP contribution in [0.1, 0.15) is 19.3 Å². The van der Waals surface area contributed by atoms with E-state index in [2.05, 4.69) is 10.2 Å². The number of aromatic nitrogens is 3. The van der Waals surface area contributed by atoms with Gasteiger partial charge in [-0.1, -0.05) is 23.4 Å². The van der Waals surface area contributed by atoms with Crippen molar-refractivity contribution >= 4 is 29.3 Å². The molecular weight excluding hydrogens is 334 g/mol. The third kappa shape index (κ3) is 3.79. The van der Waals surface area contributed by atoms with Crippen LogP contribution in [0, 0.1) is 0 Å². The fourth-order valence-corrected chi connectivity index (χ4v) is 3.42. The molecule has 0 saturated carbocycles. The normalized spacial score (nSPS) is 14.9. The average Bonchev–Trinajstić information content (AvgIpc) is 2.95. The molecule has 1 amide bonds. The van der Waals surface area contributed by atoms with Crippen molar-refractivity contribution in [3.05, 3.63) is 29.3 Å². The maximum Gasteiger partial charge on any atom is 0.233 e. The second-order valence-electron chi connectivity index (χ2n) is 5.41. The monoisotopic (exact) mass is 351 g/mol. The molecule has 0 unspecified atom stereocenters. The summed E-state index contributed by atoms with van der Waals surface area (Å²) in [7, 11) is 0. The first-order chi connectivity index (χ1) is 11.1. The minimum atomic E-state index is 0.130. The predicted octanol–water partition coefficient (Wildman–Crippen LogP) is 2.42. The largest absolute Gasteiger partial charge is 0.342 e. The number of hydrogen-bond acceptors (Lipinski definition) is 5. The van der Waals surface area contributed by atoms with E-state index in [0.29, 0.717) is 21.8 Å². The van der Waals surface area contributed by atoms with E-state index in [1.54, 1.807) is 12.1 Å². The van der Waals surface area contributed by atoms with E-state index in [0.717, 1.165) is 31.5 Å². The number of nitrogens with two attached hydrogens (primary N) is 1. The van der Waals surface area contributed by atoms with Crippen molar-refractivity contribution in [3.63, 3.8) is 0 Å². The average molecular weight is 352 g/mol. The summed E-state index contributed by atoms with van der Waals surface area (Å²) in [6.45, 7) is 1.70. The Morgan fingerprint density at radius 1 is 1.17 bits per heavy atom. The van der Waals surface area contributed by atoms with Gasteiger partial charge in [0.05, 0.1) is 5.75 Å². The van der Waals surface area contributed by atoms with Gasteiger partial charge in [-0.3, -0.25) is 4.79 Å². The van der Waals surface area contributed by atoms with Gasteiger partial charge in [0.2, 0.25) is 11.1 Å². The zero-order valence-corrected chi connectivity index (χ0v) is 14.2. The first-order valence-electron chi connectivity index (χ1n) is 7.52. The number of likely N-dealkylation sites (tertiary alicyclic amines) is 1. The highest BCUT2D eigenvalue weighted by Gasteiger charge is 2.18. The fourth-order valence-electron chi connectivity index (χ4n) is 2.53. The summed E-state index contributed by atoms with van der Waals surface area (Å²) in [5.74, 6) is 7.06.